The number of H-pyrrole nitrogens is 1. The van der Waals surface area contributed by atoms with Crippen LogP contribution in [0.15, 0.2) is 17.3 Å². The number of carbonyl (C=O) groups is 1. The molecule has 0 saturated heterocycles. The van der Waals surface area contributed by atoms with Gasteiger partial charge in [0.2, 0.25) is 0 Å². The van der Waals surface area contributed by atoms with Gasteiger partial charge in [0.25, 0.3) is 11.5 Å². The summed E-state index contributed by atoms with van der Waals surface area (Å²) in [5.74, 6) is -0.0252. The standard InChI is InChI=1S/C9H13N3O2/c1-6(2)3-11-8(13)7-4-10-5-12-9(7)14/h4-6H,3H2,1-2H3,(H,11,13)(H,10,12,14). The molecule has 5 nitrogen and oxygen atoms in total. The molecule has 0 aliphatic rings. The summed E-state index contributed by atoms with van der Waals surface area (Å²) in [6.45, 7) is 4.51. The van der Waals surface area contributed by atoms with E-state index in [0.29, 0.717) is 12.5 Å². The molecule has 0 aliphatic carbocycles. The van der Waals surface area contributed by atoms with E-state index in [1.54, 1.807) is 0 Å². The van der Waals surface area contributed by atoms with Crippen LogP contribution in [0.2, 0.25) is 0 Å². The van der Waals surface area contributed by atoms with Crippen molar-refractivity contribution in [3.8, 4) is 0 Å². The van der Waals surface area contributed by atoms with E-state index in [-0.39, 0.29) is 11.5 Å². The Morgan fingerprint density at radius 3 is 2.93 bits per heavy atom. The van der Waals surface area contributed by atoms with Gasteiger partial charge in [-0.15, -0.1) is 0 Å². The van der Waals surface area contributed by atoms with Crippen LogP contribution in [0.4, 0.5) is 0 Å². The molecule has 2 N–H and O–H groups in total. The molecular weight excluding hydrogens is 182 g/mol. The molecule has 0 unspecified atom stereocenters. The zero-order chi connectivity index (χ0) is 10.6. The molecule has 0 fully saturated rings. The van der Waals surface area contributed by atoms with E-state index in [1.165, 1.54) is 12.5 Å². The van der Waals surface area contributed by atoms with Gasteiger partial charge in [-0.05, 0) is 5.92 Å². The van der Waals surface area contributed by atoms with Gasteiger partial charge < -0.3 is 10.3 Å². The number of rotatable bonds is 3. The van der Waals surface area contributed by atoms with Crippen molar-refractivity contribution in [3.63, 3.8) is 0 Å². The zero-order valence-corrected chi connectivity index (χ0v) is 8.20. The summed E-state index contributed by atoms with van der Waals surface area (Å²) in [4.78, 5) is 28.6. The number of hydrogen-bond donors (Lipinski definition) is 2. The molecular formula is C9H13N3O2. The van der Waals surface area contributed by atoms with Crippen molar-refractivity contribution in [1.29, 1.82) is 0 Å². The van der Waals surface area contributed by atoms with E-state index in [4.69, 9.17) is 0 Å². The van der Waals surface area contributed by atoms with E-state index in [2.05, 4.69) is 15.3 Å². The normalized spacial score (nSPS) is 10.2. The highest BCUT2D eigenvalue weighted by atomic mass is 16.2. The minimum Gasteiger partial charge on any atom is -0.352 e. The lowest BCUT2D eigenvalue weighted by Crippen LogP contribution is -2.32. The van der Waals surface area contributed by atoms with Crippen LogP contribution < -0.4 is 10.9 Å². The Bertz CT molecular complexity index is 370. The molecule has 5 heteroatoms. The van der Waals surface area contributed by atoms with Crippen molar-refractivity contribution in [3.05, 3.63) is 28.4 Å². The number of carbonyl (C=O) groups excluding carboxylic acids is 1. The Morgan fingerprint density at radius 1 is 1.64 bits per heavy atom. The molecule has 1 amide bonds. The van der Waals surface area contributed by atoms with Crippen LogP contribution in [-0.4, -0.2) is 22.4 Å². The first-order chi connectivity index (χ1) is 6.61. The van der Waals surface area contributed by atoms with Crippen LogP contribution in [-0.2, 0) is 0 Å². The molecule has 0 aromatic carbocycles. The van der Waals surface area contributed by atoms with Crippen molar-refractivity contribution in [1.82, 2.24) is 15.3 Å². The first-order valence-corrected chi connectivity index (χ1v) is 4.42. The molecule has 0 aliphatic heterocycles. The quantitative estimate of drug-likeness (QED) is 0.721. The first-order valence-electron chi connectivity index (χ1n) is 4.42. The first kappa shape index (κ1) is 10.4. The number of nitrogens with zero attached hydrogens (tertiary/aromatic N) is 1. The van der Waals surface area contributed by atoms with Crippen molar-refractivity contribution in [2.75, 3.05) is 6.54 Å². The minimum atomic E-state index is -0.416. The summed E-state index contributed by atoms with van der Waals surface area (Å²) in [6.07, 6.45) is 2.51. The van der Waals surface area contributed by atoms with Gasteiger partial charge in [-0.1, -0.05) is 13.8 Å². The third-order valence-corrected chi connectivity index (χ3v) is 1.63. The summed E-state index contributed by atoms with van der Waals surface area (Å²) in [5, 5.41) is 2.64. The summed E-state index contributed by atoms with van der Waals surface area (Å²) in [7, 11) is 0. The van der Waals surface area contributed by atoms with Gasteiger partial charge in [0.05, 0.1) is 6.33 Å². The van der Waals surface area contributed by atoms with E-state index < -0.39 is 5.56 Å². The van der Waals surface area contributed by atoms with Crippen LogP contribution in [0.5, 0.6) is 0 Å². The van der Waals surface area contributed by atoms with Gasteiger partial charge in [0.1, 0.15) is 5.56 Å². The average molecular weight is 195 g/mol. The lowest BCUT2D eigenvalue weighted by Gasteiger charge is -2.06. The minimum absolute atomic E-state index is 0.0492. The van der Waals surface area contributed by atoms with Crippen LogP contribution in [0.3, 0.4) is 0 Å². The molecule has 1 aromatic rings. The molecule has 1 heterocycles. The van der Waals surface area contributed by atoms with E-state index >= 15 is 0 Å². The fraction of sp³-hybridized carbons (Fsp3) is 0.444. The lowest BCUT2D eigenvalue weighted by atomic mass is 10.2. The molecule has 0 radical (unpaired) electrons. The number of aromatic nitrogens is 2. The maximum absolute atomic E-state index is 11.4. The van der Waals surface area contributed by atoms with Gasteiger partial charge in [0, 0.05) is 12.7 Å². The van der Waals surface area contributed by atoms with Crippen LogP contribution in [0, 0.1) is 5.92 Å². The SMILES string of the molecule is CC(C)CNC(=O)c1cnc[nH]c1=O. The fourth-order valence-corrected chi connectivity index (χ4v) is 0.898. The molecule has 0 atom stereocenters. The number of hydrogen-bond acceptors (Lipinski definition) is 3. The van der Waals surface area contributed by atoms with Crippen LogP contribution in [0.25, 0.3) is 0 Å². The summed E-state index contributed by atoms with van der Waals surface area (Å²) in [5.41, 5.74) is -0.366. The Balaban J connectivity index is 2.71. The highest BCUT2D eigenvalue weighted by molar-refractivity contribution is 5.93. The molecule has 0 bridgehead atoms. The summed E-state index contributed by atoms with van der Waals surface area (Å²) >= 11 is 0. The van der Waals surface area contributed by atoms with E-state index in [1.807, 2.05) is 13.8 Å². The Kier molecular flexibility index (Phi) is 3.39. The third-order valence-electron chi connectivity index (χ3n) is 1.63. The van der Waals surface area contributed by atoms with Gasteiger partial charge in [0.15, 0.2) is 0 Å². The van der Waals surface area contributed by atoms with Crippen molar-refractivity contribution in [2.24, 2.45) is 5.92 Å². The van der Waals surface area contributed by atoms with Crippen molar-refractivity contribution < 1.29 is 4.79 Å². The molecule has 14 heavy (non-hydrogen) atoms. The third kappa shape index (κ3) is 2.69. The lowest BCUT2D eigenvalue weighted by molar-refractivity contribution is 0.0947. The summed E-state index contributed by atoms with van der Waals surface area (Å²) < 4.78 is 0. The second-order valence-corrected chi connectivity index (χ2v) is 3.40. The van der Waals surface area contributed by atoms with Gasteiger partial charge in [-0.25, -0.2) is 4.98 Å². The van der Waals surface area contributed by atoms with Gasteiger partial charge in [-0.2, -0.15) is 0 Å². The highest BCUT2D eigenvalue weighted by Gasteiger charge is 2.09. The largest absolute Gasteiger partial charge is 0.352 e. The maximum Gasteiger partial charge on any atom is 0.263 e. The highest BCUT2D eigenvalue weighted by Crippen LogP contribution is 1.90. The monoisotopic (exact) mass is 195 g/mol. The van der Waals surface area contributed by atoms with Crippen LogP contribution in [0.1, 0.15) is 24.2 Å². The molecule has 76 valence electrons. The molecule has 0 saturated carbocycles. The molecule has 1 rings (SSSR count). The Hall–Kier alpha value is -1.65. The van der Waals surface area contributed by atoms with E-state index in [9.17, 15) is 9.59 Å². The van der Waals surface area contributed by atoms with Gasteiger partial charge in [-0.3, -0.25) is 9.59 Å². The molecule has 0 spiro atoms. The van der Waals surface area contributed by atoms with Crippen LogP contribution >= 0.6 is 0 Å². The van der Waals surface area contributed by atoms with Crippen molar-refractivity contribution >= 4 is 5.91 Å². The average Bonchev–Trinajstić information content (AvgIpc) is 2.15. The topological polar surface area (TPSA) is 74.8 Å². The second-order valence-electron chi connectivity index (χ2n) is 3.40. The Labute approximate surface area is 81.6 Å². The predicted octanol–water partition coefficient (Wildman–Crippen LogP) is 0.156. The zero-order valence-electron chi connectivity index (χ0n) is 8.20. The van der Waals surface area contributed by atoms with Gasteiger partial charge >= 0.3 is 0 Å². The predicted molar refractivity (Wildman–Crippen MR) is 52.0 cm³/mol. The van der Waals surface area contributed by atoms with Crippen molar-refractivity contribution in [2.45, 2.75) is 13.8 Å². The fourth-order valence-electron chi connectivity index (χ4n) is 0.898. The number of amides is 1. The number of nitrogens with one attached hydrogen (secondary N) is 2. The second kappa shape index (κ2) is 4.55. The Morgan fingerprint density at radius 2 is 2.36 bits per heavy atom. The summed E-state index contributed by atoms with van der Waals surface area (Å²) in [6, 6.07) is 0. The maximum atomic E-state index is 11.4. The smallest absolute Gasteiger partial charge is 0.263 e. The number of aromatic amines is 1. The molecule has 1 aromatic heterocycles. The van der Waals surface area contributed by atoms with E-state index in [0.717, 1.165) is 0 Å².